The topological polar surface area (TPSA) is 84.9 Å². The van der Waals surface area contributed by atoms with Crippen molar-refractivity contribution in [1.82, 2.24) is 5.32 Å². The molecule has 1 aromatic carbocycles. The Labute approximate surface area is 136 Å². The maximum Gasteiger partial charge on any atom is 0.408 e. The first-order chi connectivity index (χ1) is 10.7. The van der Waals surface area contributed by atoms with Gasteiger partial charge in [0.15, 0.2) is 0 Å². The summed E-state index contributed by atoms with van der Waals surface area (Å²) in [7, 11) is 0. The Kier molecular flexibility index (Phi) is 6.63. The third kappa shape index (κ3) is 7.35. The fraction of sp³-hybridized carbons (Fsp3) is 0.412. The molecule has 1 atom stereocenters. The number of ether oxygens (including phenoxy) is 2. The zero-order valence-corrected chi connectivity index (χ0v) is 13.7. The van der Waals surface area contributed by atoms with Crippen LogP contribution in [0.2, 0.25) is 0 Å². The maximum absolute atomic E-state index is 11.7. The Hall–Kier alpha value is -2.50. The van der Waals surface area contributed by atoms with Crippen molar-refractivity contribution in [1.29, 1.82) is 0 Å². The van der Waals surface area contributed by atoms with Gasteiger partial charge in [0.05, 0.1) is 0 Å². The van der Waals surface area contributed by atoms with Gasteiger partial charge in [-0.1, -0.05) is 24.8 Å². The number of alkyl carbamates (subject to hydrolysis) is 1. The minimum Gasteiger partial charge on any atom is -0.490 e. The Morgan fingerprint density at radius 3 is 2.65 bits per heavy atom. The zero-order chi connectivity index (χ0) is 17.5. The standard InChI is InChI=1S/C17H23NO5/c1-5-9-22-13-8-6-7-12(10-13)11-14(15(19)20)18-16(21)23-17(2,3)4/h5-8,10,14H,1,9,11H2,2-4H3,(H,18,21)(H,19,20)/t14-/m1/s1. The molecule has 1 rings (SSSR count). The number of nitrogens with one attached hydrogen (secondary N) is 1. The minimum atomic E-state index is -1.13. The number of hydrogen-bond acceptors (Lipinski definition) is 4. The summed E-state index contributed by atoms with van der Waals surface area (Å²) < 4.78 is 10.5. The van der Waals surface area contributed by atoms with Gasteiger partial charge in [0.25, 0.3) is 0 Å². The van der Waals surface area contributed by atoms with Crippen molar-refractivity contribution in [2.24, 2.45) is 0 Å². The molecule has 0 radical (unpaired) electrons. The van der Waals surface area contributed by atoms with Gasteiger partial charge in [-0.15, -0.1) is 0 Å². The molecule has 0 fully saturated rings. The number of benzene rings is 1. The van der Waals surface area contributed by atoms with Gasteiger partial charge in [-0.05, 0) is 38.5 Å². The molecule has 23 heavy (non-hydrogen) atoms. The van der Waals surface area contributed by atoms with E-state index >= 15 is 0 Å². The molecule has 0 saturated carbocycles. The normalized spacial score (nSPS) is 12.1. The number of carboxylic acid groups (broad SMARTS) is 1. The van der Waals surface area contributed by atoms with Crippen LogP contribution in [-0.2, 0) is 16.0 Å². The molecule has 0 unspecified atom stereocenters. The SMILES string of the molecule is C=CCOc1cccc(C[C@@H](NC(=O)OC(C)(C)C)C(=O)O)c1. The van der Waals surface area contributed by atoms with Crippen molar-refractivity contribution >= 4 is 12.1 Å². The molecule has 0 aliphatic rings. The summed E-state index contributed by atoms with van der Waals surface area (Å²) in [6, 6.07) is 5.95. The van der Waals surface area contributed by atoms with E-state index in [1.54, 1.807) is 51.1 Å². The summed E-state index contributed by atoms with van der Waals surface area (Å²) >= 11 is 0. The second-order valence-electron chi connectivity index (χ2n) is 5.99. The predicted molar refractivity (Wildman–Crippen MR) is 86.6 cm³/mol. The average Bonchev–Trinajstić information content (AvgIpc) is 2.42. The van der Waals surface area contributed by atoms with Crippen molar-refractivity contribution in [2.75, 3.05) is 6.61 Å². The monoisotopic (exact) mass is 321 g/mol. The van der Waals surface area contributed by atoms with Crippen molar-refractivity contribution in [2.45, 2.75) is 38.8 Å². The molecule has 1 aromatic rings. The Bertz CT molecular complexity index is 562. The molecule has 2 N–H and O–H groups in total. The number of carboxylic acids is 1. The van der Waals surface area contributed by atoms with Crippen LogP contribution in [0.4, 0.5) is 4.79 Å². The summed E-state index contributed by atoms with van der Waals surface area (Å²) in [5, 5.41) is 11.6. The number of amides is 1. The second kappa shape index (κ2) is 8.22. The van der Waals surface area contributed by atoms with Gasteiger partial charge in [-0.2, -0.15) is 0 Å². The first-order valence-electron chi connectivity index (χ1n) is 7.26. The lowest BCUT2D eigenvalue weighted by atomic mass is 10.1. The molecule has 0 aromatic heterocycles. The lowest BCUT2D eigenvalue weighted by molar-refractivity contribution is -0.139. The fourth-order valence-corrected chi connectivity index (χ4v) is 1.80. The van der Waals surface area contributed by atoms with Gasteiger partial charge in [0, 0.05) is 6.42 Å². The molecule has 0 aliphatic carbocycles. The molecule has 0 heterocycles. The average molecular weight is 321 g/mol. The van der Waals surface area contributed by atoms with Crippen LogP contribution in [0.3, 0.4) is 0 Å². The molecular formula is C17H23NO5. The summed E-state index contributed by atoms with van der Waals surface area (Å²) in [5.74, 6) is -0.517. The molecule has 6 nitrogen and oxygen atoms in total. The number of aliphatic carboxylic acids is 1. The lowest BCUT2D eigenvalue weighted by Crippen LogP contribution is -2.44. The highest BCUT2D eigenvalue weighted by molar-refractivity contribution is 5.80. The third-order valence-corrected chi connectivity index (χ3v) is 2.70. The van der Waals surface area contributed by atoms with Gasteiger partial charge in [0.1, 0.15) is 24.0 Å². The Morgan fingerprint density at radius 1 is 1.39 bits per heavy atom. The minimum absolute atomic E-state index is 0.125. The molecule has 0 saturated heterocycles. The van der Waals surface area contributed by atoms with Crippen LogP contribution in [0, 0.1) is 0 Å². The molecule has 0 spiro atoms. The highest BCUT2D eigenvalue weighted by atomic mass is 16.6. The van der Waals surface area contributed by atoms with E-state index in [0.29, 0.717) is 12.4 Å². The fourth-order valence-electron chi connectivity index (χ4n) is 1.80. The van der Waals surface area contributed by atoms with Crippen LogP contribution in [-0.4, -0.2) is 35.4 Å². The van der Waals surface area contributed by atoms with E-state index in [1.807, 2.05) is 0 Å². The maximum atomic E-state index is 11.7. The molecule has 1 amide bonds. The first-order valence-corrected chi connectivity index (χ1v) is 7.26. The van der Waals surface area contributed by atoms with Gasteiger partial charge < -0.3 is 19.9 Å². The van der Waals surface area contributed by atoms with Crippen molar-refractivity contribution in [3.8, 4) is 5.75 Å². The van der Waals surface area contributed by atoms with E-state index in [1.165, 1.54) is 0 Å². The molecule has 0 aliphatic heterocycles. The predicted octanol–water partition coefficient (Wildman–Crippen LogP) is 2.77. The lowest BCUT2D eigenvalue weighted by Gasteiger charge is -2.22. The van der Waals surface area contributed by atoms with E-state index in [9.17, 15) is 14.7 Å². The van der Waals surface area contributed by atoms with E-state index in [-0.39, 0.29) is 6.42 Å². The van der Waals surface area contributed by atoms with E-state index in [2.05, 4.69) is 11.9 Å². The van der Waals surface area contributed by atoms with Crippen molar-refractivity contribution in [3.05, 3.63) is 42.5 Å². The number of hydrogen-bond donors (Lipinski definition) is 2. The van der Waals surface area contributed by atoms with Crippen LogP contribution in [0.1, 0.15) is 26.3 Å². The van der Waals surface area contributed by atoms with Crippen molar-refractivity contribution < 1.29 is 24.2 Å². The van der Waals surface area contributed by atoms with Crippen LogP contribution >= 0.6 is 0 Å². The second-order valence-corrected chi connectivity index (χ2v) is 5.99. The Morgan fingerprint density at radius 2 is 2.09 bits per heavy atom. The summed E-state index contributed by atoms with van der Waals surface area (Å²) in [6.45, 7) is 9.06. The van der Waals surface area contributed by atoms with Crippen LogP contribution in [0.15, 0.2) is 36.9 Å². The van der Waals surface area contributed by atoms with Crippen LogP contribution < -0.4 is 10.1 Å². The summed E-state index contributed by atoms with van der Waals surface area (Å²) in [5.41, 5.74) is 0.0426. The zero-order valence-electron chi connectivity index (χ0n) is 13.7. The van der Waals surface area contributed by atoms with Crippen LogP contribution in [0.25, 0.3) is 0 Å². The van der Waals surface area contributed by atoms with Gasteiger partial charge in [-0.3, -0.25) is 0 Å². The largest absolute Gasteiger partial charge is 0.490 e. The van der Waals surface area contributed by atoms with Gasteiger partial charge in [0.2, 0.25) is 0 Å². The van der Waals surface area contributed by atoms with E-state index in [4.69, 9.17) is 9.47 Å². The highest BCUT2D eigenvalue weighted by Crippen LogP contribution is 2.15. The molecular weight excluding hydrogens is 298 g/mol. The van der Waals surface area contributed by atoms with Gasteiger partial charge >= 0.3 is 12.1 Å². The molecule has 6 heteroatoms. The van der Waals surface area contributed by atoms with Crippen LogP contribution in [0.5, 0.6) is 5.75 Å². The quantitative estimate of drug-likeness (QED) is 0.754. The number of carbonyl (C=O) groups excluding carboxylic acids is 1. The number of rotatable bonds is 7. The van der Waals surface area contributed by atoms with E-state index < -0.39 is 23.7 Å². The smallest absolute Gasteiger partial charge is 0.408 e. The highest BCUT2D eigenvalue weighted by Gasteiger charge is 2.24. The molecule has 0 bridgehead atoms. The third-order valence-electron chi connectivity index (χ3n) is 2.70. The Balaban J connectivity index is 2.74. The summed E-state index contributed by atoms with van der Waals surface area (Å²) in [6.07, 6.45) is 0.986. The number of carbonyl (C=O) groups is 2. The van der Waals surface area contributed by atoms with Crippen molar-refractivity contribution in [3.63, 3.8) is 0 Å². The first kappa shape index (κ1) is 18.5. The summed E-state index contributed by atoms with van der Waals surface area (Å²) in [4.78, 5) is 23.1. The van der Waals surface area contributed by atoms with E-state index in [0.717, 1.165) is 5.56 Å². The van der Waals surface area contributed by atoms with Gasteiger partial charge in [-0.25, -0.2) is 9.59 Å². The molecule has 126 valence electrons.